The molecule has 6 heteroatoms. The maximum absolute atomic E-state index is 12.0. The third-order valence-corrected chi connectivity index (χ3v) is 3.31. The first-order valence-electron chi connectivity index (χ1n) is 5.93. The van der Waals surface area contributed by atoms with Crippen LogP contribution in [0, 0.1) is 5.92 Å². The molecule has 1 amide bonds. The number of amides is 1. The number of aliphatic carboxylic acids is 1. The molecule has 2 aliphatic heterocycles. The van der Waals surface area contributed by atoms with Crippen LogP contribution in [0.25, 0.3) is 0 Å². The van der Waals surface area contributed by atoms with Gasteiger partial charge in [-0.25, -0.2) is 5.01 Å². The number of Topliss-reactive ketones (excluding diaryl/α,β-unsaturated/α-hetero) is 1. The molecule has 0 aliphatic carbocycles. The van der Waals surface area contributed by atoms with Crippen molar-refractivity contribution in [3.63, 3.8) is 0 Å². The number of ketones is 1. The predicted octanol–water partition coefficient (Wildman–Crippen LogP) is -0.111. The molecule has 2 heterocycles. The Morgan fingerprint density at radius 3 is 2.35 bits per heavy atom. The smallest absolute Gasteiger partial charge is 0.323 e. The molecule has 0 aromatic heterocycles. The Labute approximate surface area is 99.1 Å². The van der Waals surface area contributed by atoms with Gasteiger partial charge in [-0.05, 0) is 12.8 Å². The monoisotopic (exact) mass is 240 g/mol. The minimum Gasteiger partial charge on any atom is -0.480 e. The van der Waals surface area contributed by atoms with Gasteiger partial charge in [0, 0.05) is 26.1 Å². The Morgan fingerprint density at radius 2 is 1.76 bits per heavy atom. The van der Waals surface area contributed by atoms with Crippen LogP contribution in [0.4, 0.5) is 0 Å². The Balaban J connectivity index is 2.11. The van der Waals surface area contributed by atoms with Gasteiger partial charge in [0.05, 0.1) is 0 Å². The van der Waals surface area contributed by atoms with Crippen molar-refractivity contribution in [3.8, 4) is 0 Å². The molecular weight excluding hydrogens is 224 g/mol. The van der Waals surface area contributed by atoms with Crippen LogP contribution in [0.5, 0.6) is 0 Å². The van der Waals surface area contributed by atoms with Crippen molar-refractivity contribution < 1.29 is 19.5 Å². The summed E-state index contributed by atoms with van der Waals surface area (Å²) in [6.45, 7) is 1.86. The Bertz CT molecular complexity index is 349. The number of nitrogens with zero attached hydrogens (tertiary/aromatic N) is 2. The normalized spacial score (nSPS) is 27.3. The van der Waals surface area contributed by atoms with E-state index in [2.05, 4.69) is 0 Å². The number of hydrogen-bond donors (Lipinski definition) is 1. The molecule has 1 N–H and O–H groups in total. The number of carbonyl (C=O) groups is 3. The average molecular weight is 240 g/mol. The van der Waals surface area contributed by atoms with E-state index in [-0.39, 0.29) is 6.42 Å². The topological polar surface area (TPSA) is 77.9 Å². The van der Waals surface area contributed by atoms with Gasteiger partial charge in [-0.15, -0.1) is 0 Å². The lowest BCUT2D eigenvalue weighted by Crippen LogP contribution is -2.57. The van der Waals surface area contributed by atoms with Crippen LogP contribution >= 0.6 is 0 Å². The third kappa shape index (κ3) is 2.31. The van der Waals surface area contributed by atoms with E-state index >= 15 is 0 Å². The summed E-state index contributed by atoms with van der Waals surface area (Å²) in [6.07, 6.45) is 3.30. The van der Waals surface area contributed by atoms with Crippen LogP contribution in [0.1, 0.15) is 25.7 Å². The molecule has 0 aromatic rings. The van der Waals surface area contributed by atoms with Gasteiger partial charge in [-0.2, -0.15) is 0 Å². The molecule has 0 bridgehead atoms. The summed E-state index contributed by atoms with van der Waals surface area (Å²) in [7, 11) is 0. The van der Waals surface area contributed by atoms with Crippen molar-refractivity contribution >= 4 is 17.7 Å². The van der Waals surface area contributed by atoms with Crippen LogP contribution < -0.4 is 0 Å². The van der Waals surface area contributed by atoms with Crippen molar-refractivity contribution in [3.05, 3.63) is 0 Å². The molecular formula is C11H16N2O4. The van der Waals surface area contributed by atoms with Crippen LogP contribution in [0.2, 0.25) is 0 Å². The molecule has 0 spiro atoms. The van der Waals surface area contributed by atoms with Crippen LogP contribution in [0.15, 0.2) is 0 Å². The quantitative estimate of drug-likeness (QED) is 0.681. The molecule has 0 radical (unpaired) electrons. The summed E-state index contributed by atoms with van der Waals surface area (Å²) in [5.41, 5.74) is 0. The maximum Gasteiger partial charge on any atom is 0.323 e. The highest BCUT2D eigenvalue weighted by Gasteiger charge is 2.42. The van der Waals surface area contributed by atoms with Crippen LogP contribution in [-0.4, -0.2) is 52.4 Å². The van der Waals surface area contributed by atoms with Gasteiger partial charge >= 0.3 is 5.97 Å². The first kappa shape index (κ1) is 12.0. The van der Waals surface area contributed by atoms with Gasteiger partial charge in [0.15, 0.2) is 11.7 Å². The van der Waals surface area contributed by atoms with Crippen LogP contribution in [-0.2, 0) is 14.4 Å². The number of hydrazine groups is 1. The highest BCUT2D eigenvalue weighted by molar-refractivity contribution is 6.17. The number of rotatable bonds is 2. The minimum atomic E-state index is -1.49. The second kappa shape index (κ2) is 4.83. The second-order valence-electron chi connectivity index (χ2n) is 4.46. The predicted molar refractivity (Wildman–Crippen MR) is 57.9 cm³/mol. The molecule has 2 aliphatic rings. The molecule has 6 nitrogen and oxygen atoms in total. The Kier molecular flexibility index (Phi) is 3.42. The van der Waals surface area contributed by atoms with Gasteiger partial charge in [-0.3, -0.25) is 19.4 Å². The molecule has 0 saturated carbocycles. The zero-order chi connectivity index (χ0) is 12.4. The van der Waals surface area contributed by atoms with E-state index in [1.54, 1.807) is 0 Å². The number of carbonyl (C=O) groups excluding carboxylic acids is 2. The third-order valence-electron chi connectivity index (χ3n) is 3.31. The fourth-order valence-corrected chi connectivity index (χ4v) is 2.40. The molecule has 1 unspecified atom stereocenters. The number of carboxylic acid groups (broad SMARTS) is 1. The van der Waals surface area contributed by atoms with E-state index in [1.807, 2.05) is 5.01 Å². The number of piperidine rings is 2. The first-order chi connectivity index (χ1) is 8.11. The zero-order valence-corrected chi connectivity index (χ0v) is 9.59. The van der Waals surface area contributed by atoms with Crippen molar-refractivity contribution in [2.45, 2.75) is 25.7 Å². The average Bonchev–Trinajstić information content (AvgIpc) is 2.30. The van der Waals surface area contributed by atoms with Gasteiger partial charge < -0.3 is 5.11 Å². The van der Waals surface area contributed by atoms with Gasteiger partial charge in [0.25, 0.3) is 5.91 Å². The van der Waals surface area contributed by atoms with E-state index in [0.29, 0.717) is 6.54 Å². The molecule has 1 atom stereocenters. The van der Waals surface area contributed by atoms with E-state index < -0.39 is 23.6 Å². The molecule has 2 saturated heterocycles. The van der Waals surface area contributed by atoms with Gasteiger partial charge in [-0.1, -0.05) is 6.42 Å². The number of hydrogen-bond acceptors (Lipinski definition) is 4. The lowest BCUT2D eigenvalue weighted by Gasteiger charge is -2.40. The molecule has 2 fully saturated rings. The van der Waals surface area contributed by atoms with Crippen molar-refractivity contribution in [2.24, 2.45) is 5.92 Å². The zero-order valence-electron chi connectivity index (χ0n) is 9.59. The summed E-state index contributed by atoms with van der Waals surface area (Å²) in [5, 5.41) is 12.2. The fourth-order valence-electron chi connectivity index (χ4n) is 2.40. The molecule has 0 aromatic carbocycles. The fraction of sp³-hybridized carbons (Fsp3) is 0.727. The first-order valence-corrected chi connectivity index (χ1v) is 5.93. The van der Waals surface area contributed by atoms with Crippen LogP contribution in [0.3, 0.4) is 0 Å². The van der Waals surface area contributed by atoms with E-state index in [0.717, 1.165) is 32.4 Å². The lowest BCUT2D eigenvalue weighted by molar-refractivity contribution is -0.170. The van der Waals surface area contributed by atoms with Gasteiger partial charge in [0.1, 0.15) is 0 Å². The van der Waals surface area contributed by atoms with Gasteiger partial charge in [0.2, 0.25) is 0 Å². The Hall–Kier alpha value is -1.43. The molecule has 17 heavy (non-hydrogen) atoms. The van der Waals surface area contributed by atoms with Crippen molar-refractivity contribution in [1.82, 2.24) is 10.0 Å². The van der Waals surface area contributed by atoms with Crippen molar-refractivity contribution in [1.29, 1.82) is 0 Å². The second-order valence-corrected chi connectivity index (χ2v) is 4.46. The maximum atomic E-state index is 12.0. The number of carboxylic acids is 1. The minimum absolute atomic E-state index is 0.138. The standard InChI is InChI=1S/C11H16N2O4/c14-8-4-7-13(10(15)9(8)11(16)17)12-5-2-1-3-6-12/h9H,1-7H2,(H,16,17). The lowest BCUT2D eigenvalue weighted by atomic mass is 9.96. The summed E-state index contributed by atoms with van der Waals surface area (Å²) >= 11 is 0. The highest BCUT2D eigenvalue weighted by Crippen LogP contribution is 2.20. The highest BCUT2D eigenvalue weighted by atomic mass is 16.4. The van der Waals surface area contributed by atoms with E-state index in [1.165, 1.54) is 5.01 Å². The SMILES string of the molecule is O=C(O)C1C(=O)CCN(N2CCCCC2)C1=O. The Morgan fingerprint density at radius 1 is 1.12 bits per heavy atom. The van der Waals surface area contributed by atoms with E-state index in [4.69, 9.17) is 5.11 Å². The summed E-state index contributed by atoms with van der Waals surface area (Å²) in [5.74, 6) is -3.88. The summed E-state index contributed by atoms with van der Waals surface area (Å²) in [6, 6.07) is 0. The molecule has 94 valence electrons. The van der Waals surface area contributed by atoms with Crippen molar-refractivity contribution in [2.75, 3.05) is 19.6 Å². The summed E-state index contributed by atoms with van der Waals surface area (Å²) in [4.78, 5) is 34.3. The largest absolute Gasteiger partial charge is 0.480 e. The molecule has 2 rings (SSSR count). The van der Waals surface area contributed by atoms with E-state index in [9.17, 15) is 14.4 Å². The summed E-state index contributed by atoms with van der Waals surface area (Å²) < 4.78 is 0.